The van der Waals surface area contributed by atoms with E-state index >= 15 is 0 Å². The number of amides is 4. The fraction of sp³-hybridized carbons (Fsp3) is 0.714. The minimum Gasteiger partial charge on any atom is -0.336 e. The van der Waals surface area contributed by atoms with Crippen LogP contribution in [0, 0.1) is 0 Å². The van der Waals surface area contributed by atoms with E-state index in [-0.39, 0.29) is 23.9 Å². The van der Waals surface area contributed by atoms with Crippen molar-refractivity contribution in [3.8, 4) is 0 Å². The van der Waals surface area contributed by atoms with Crippen LogP contribution in [0.2, 0.25) is 0 Å². The predicted molar refractivity (Wildman–Crippen MR) is 81.2 cm³/mol. The van der Waals surface area contributed by atoms with Crippen LogP contribution in [0.15, 0.2) is 5.10 Å². The van der Waals surface area contributed by atoms with E-state index < -0.39 is 0 Å². The molecule has 0 aromatic rings. The first-order chi connectivity index (χ1) is 10.5. The Kier molecular flexibility index (Phi) is 5.35. The van der Waals surface area contributed by atoms with Gasteiger partial charge in [0.15, 0.2) is 0 Å². The maximum Gasteiger partial charge on any atom is 0.317 e. The Hall–Kier alpha value is -2.12. The van der Waals surface area contributed by atoms with Gasteiger partial charge in [-0.3, -0.25) is 9.59 Å². The van der Waals surface area contributed by atoms with Gasteiger partial charge in [-0.2, -0.15) is 5.10 Å². The Morgan fingerprint density at radius 3 is 2.45 bits per heavy atom. The first-order valence-corrected chi connectivity index (χ1v) is 7.67. The molecule has 2 aliphatic rings. The zero-order valence-electron chi connectivity index (χ0n) is 13.1. The van der Waals surface area contributed by atoms with Crippen LogP contribution in [0.3, 0.4) is 0 Å². The lowest BCUT2D eigenvalue weighted by Crippen LogP contribution is -2.45. The van der Waals surface area contributed by atoms with Crippen LogP contribution in [0.4, 0.5) is 4.79 Å². The van der Waals surface area contributed by atoms with Gasteiger partial charge in [0.2, 0.25) is 5.91 Å². The maximum absolute atomic E-state index is 12.4. The van der Waals surface area contributed by atoms with E-state index in [2.05, 4.69) is 15.8 Å². The molecule has 2 heterocycles. The van der Waals surface area contributed by atoms with Crippen LogP contribution >= 0.6 is 0 Å². The summed E-state index contributed by atoms with van der Waals surface area (Å²) in [6.07, 6.45) is 1.40. The zero-order chi connectivity index (χ0) is 16.1. The first kappa shape index (κ1) is 16.3. The molecule has 8 heteroatoms. The second-order valence-corrected chi connectivity index (χ2v) is 5.83. The summed E-state index contributed by atoms with van der Waals surface area (Å²) in [5, 5.41) is 6.71. The summed E-state index contributed by atoms with van der Waals surface area (Å²) in [5.74, 6) is -0.310. The molecule has 0 aliphatic carbocycles. The lowest BCUT2D eigenvalue weighted by atomic mass is 10.1. The molecule has 8 nitrogen and oxygen atoms in total. The zero-order valence-corrected chi connectivity index (χ0v) is 13.1. The van der Waals surface area contributed by atoms with E-state index in [1.807, 2.05) is 13.8 Å². The third kappa shape index (κ3) is 4.19. The summed E-state index contributed by atoms with van der Waals surface area (Å²) < 4.78 is 0. The van der Waals surface area contributed by atoms with Gasteiger partial charge in [0, 0.05) is 45.1 Å². The summed E-state index contributed by atoms with van der Waals surface area (Å²) in [4.78, 5) is 38.9. The van der Waals surface area contributed by atoms with Crippen LogP contribution in [0.5, 0.6) is 0 Å². The molecule has 4 amide bonds. The summed E-state index contributed by atoms with van der Waals surface area (Å²) in [6.45, 7) is 6.05. The average molecular weight is 309 g/mol. The van der Waals surface area contributed by atoms with Crippen LogP contribution < -0.4 is 10.7 Å². The van der Waals surface area contributed by atoms with Crippen molar-refractivity contribution in [2.75, 3.05) is 26.2 Å². The van der Waals surface area contributed by atoms with E-state index in [9.17, 15) is 14.4 Å². The molecule has 122 valence electrons. The van der Waals surface area contributed by atoms with E-state index in [1.165, 1.54) is 0 Å². The maximum atomic E-state index is 12.4. The van der Waals surface area contributed by atoms with Crippen LogP contribution in [0.25, 0.3) is 0 Å². The predicted octanol–water partition coefficient (Wildman–Crippen LogP) is -0.0953. The Labute approximate surface area is 129 Å². The Morgan fingerprint density at radius 1 is 1.14 bits per heavy atom. The number of urea groups is 1. The second kappa shape index (κ2) is 7.24. The smallest absolute Gasteiger partial charge is 0.317 e. The number of hydrazone groups is 1. The fourth-order valence-electron chi connectivity index (χ4n) is 2.47. The normalized spacial score (nSPS) is 19.4. The molecule has 0 bridgehead atoms. The number of hydrogen-bond donors (Lipinski definition) is 2. The number of rotatable bonds is 2. The van der Waals surface area contributed by atoms with Gasteiger partial charge in [-0.25, -0.2) is 10.2 Å². The van der Waals surface area contributed by atoms with Crippen molar-refractivity contribution in [2.45, 2.75) is 39.2 Å². The van der Waals surface area contributed by atoms with Gasteiger partial charge in [-0.1, -0.05) is 0 Å². The van der Waals surface area contributed by atoms with Gasteiger partial charge < -0.3 is 15.1 Å². The van der Waals surface area contributed by atoms with Gasteiger partial charge in [-0.05, 0) is 20.3 Å². The molecule has 0 atom stereocenters. The topological polar surface area (TPSA) is 94.1 Å². The van der Waals surface area contributed by atoms with Gasteiger partial charge >= 0.3 is 6.03 Å². The molecule has 0 spiro atoms. The van der Waals surface area contributed by atoms with Crippen LogP contribution in [-0.2, 0) is 9.59 Å². The van der Waals surface area contributed by atoms with Crippen molar-refractivity contribution in [2.24, 2.45) is 5.10 Å². The van der Waals surface area contributed by atoms with E-state index in [4.69, 9.17) is 0 Å². The van der Waals surface area contributed by atoms with Crippen molar-refractivity contribution in [3.63, 3.8) is 0 Å². The molecule has 0 aromatic carbocycles. The number of carbonyl (C=O) groups excluding carboxylic acids is 3. The van der Waals surface area contributed by atoms with Crippen molar-refractivity contribution >= 4 is 23.6 Å². The Morgan fingerprint density at radius 2 is 1.82 bits per heavy atom. The van der Waals surface area contributed by atoms with Crippen LogP contribution in [-0.4, -0.2) is 65.6 Å². The molecule has 2 aliphatic heterocycles. The third-order valence-corrected chi connectivity index (χ3v) is 3.63. The lowest BCUT2D eigenvalue weighted by molar-refractivity contribution is -0.124. The third-order valence-electron chi connectivity index (χ3n) is 3.63. The summed E-state index contributed by atoms with van der Waals surface area (Å²) in [6, 6.07) is 0.000244. The molecule has 0 saturated carbocycles. The largest absolute Gasteiger partial charge is 0.336 e. The minimum atomic E-state index is -0.163. The van der Waals surface area contributed by atoms with Crippen LogP contribution in [0.1, 0.15) is 33.1 Å². The molecular formula is C14H23N5O3. The molecule has 1 fully saturated rings. The molecule has 2 N–H and O–H groups in total. The van der Waals surface area contributed by atoms with E-state index in [0.717, 1.165) is 6.42 Å². The number of hydrogen-bond acceptors (Lipinski definition) is 4. The second-order valence-electron chi connectivity index (χ2n) is 5.83. The monoisotopic (exact) mass is 309 g/mol. The number of nitrogens with one attached hydrogen (secondary N) is 2. The molecule has 0 aromatic heterocycles. The minimum absolute atomic E-state index is 0.0911. The van der Waals surface area contributed by atoms with Gasteiger partial charge in [0.25, 0.3) is 5.91 Å². The molecule has 1 saturated heterocycles. The molecule has 0 radical (unpaired) electrons. The van der Waals surface area contributed by atoms with Crippen molar-refractivity contribution in [3.05, 3.63) is 0 Å². The summed E-state index contributed by atoms with van der Waals surface area (Å²) in [5.41, 5.74) is 2.73. The fourth-order valence-corrected chi connectivity index (χ4v) is 2.47. The Bertz CT molecular complexity index is 489. The van der Waals surface area contributed by atoms with E-state index in [1.54, 1.807) is 9.80 Å². The highest BCUT2D eigenvalue weighted by molar-refractivity contribution is 6.39. The average Bonchev–Trinajstić information content (AvgIpc) is 2.72. The summed E-state index contributed by atoms with van der Waals surface area (Å²) in [7, 11) is 0. The highest BCUT2D eigenvalue weighted by atomic mass is 16.2. The Balaban J connectivity index is 1.91. The highest BCUT2D eigenvalue weighted by Gasteiger charge is 2.26. The molecule has 22 heavy (non-hydrogen) atoms. The van der Waals surface area contributed by atoms with Crippen molar-refractivity contribution < 1.29 is 14.4 Å². The van der Waals surface area contributed by atoms with Crippen molar-refractivity contribution in [1.82, 2.24) is 20.5 Å². The van der Waals surface area contributed by atoms with Gasteiger partial charge in [0.1, 0.15) is 5.71 Å². The number of carbonyl (C=O) groups is 3. The number of nitrogens with zero attached hydrogens (tertiary/aromatic N) is 3. The van der Waals surface area contributed by atoms with Crippen molar-refractivity contribution in [1.29, 1.82) is 0 Å². The van der Waals surface area contributed by atoms with E-state index in [0.29, 0.717) is 44.7 Å². The quantitative estimate of drug-likeness (QED) is 0.746. The molecule has 0 unspecified atom stereocenters. The molecular weight excluding hydrogens is 286 g/mol. The standard InChI is InChI=1S/C14H23N5O3/c1-10(2)15-14(22)19-7-3-6-18(8-9-19)13(21)11-4-5-12(20)17-16-11/h10H,3-9H2,1-2H3,(H,15,22)(H,17,20). The van der Waals surface area contributed by atoms with Gasteiger partial charge in [-0.15, -0.1) is 0 Å². The molecule has 2 rings (SSSR count). The highest BCUT2D eigenvalue weighted by Crippen LogP contribution is 2.08. The SMILES string of the molecule is CC(C)NC(=O)N1CCCN(C(=O)C2=NNC(=O)CC2)CC1. The summed E-state index contributed by atoms with van der Waals surface area (Å²) >= 11 is 0. The van der Waals surface area contributed by atoms with Gasteiger partial charge in [0.05, 0.1) is 0 Å². The first-order valence-electron chi connectivity index (χ1n) is 7.67. The lowest BCUT2D eigenvalue weighted by Gasteiger charge is -2.24.